The molecule has 0 bridgehead atoms. The van der Waals surface area contributed by atoms with Crippen LogP contribution in [0.3, 0.4) is 0 Å². The van der Waals surface area contributed by atoms with Crippen LogP contribution in [0.4, 0.5) is 0 Å². The van der Waals surface area contributed by atoms with Gasteiger partial charge in [0.15, 0.2) is 5.65 Å². The third kappa shape index (κ3) is 3.05. The van der Waals surface area contributed by atoms with Crippen LogP contribution in [0.5, 0.6) is 0 Å². The predicted octanol–water partition coefficient (Wildman–Crippen LogP) is 2.16. The molecule has 120 valence electrons. The molecule has 6 nitrogen and oxygen atoms in total. The Morgan fingerprint density at radius 2 is 2.17 bits per heavy atom. The van der Waals surface area contributed by atoms with Gasteiger partial charge in [-0.2, -0.15) is 0 Å². The molecule has 3 aromatic heterocycles. The van der Waals surface area contributed by atoms with E-state index in [4.69, 9.17) is 0 Å². The third-order valence-corrected chi connectivity index (χ3v) is 4.46. The van der Waals surface area contributed by atoms with E-state index in [1.165, 1.54) is 4.57 Å². The molecule has 1 amide bonds. The zero-order valence-corrected chi connectivity index (χ0v) is 13.8. The van der Waals surface area contributed by atoms with E-state index < -0.39 is 0 Å². The summed E-state index contributed by atoms with van der Waals surface area (Å²) >= 11 is 1.59. The molecule has 0 aliphatic rings. The van der Waals surface area contributed by atoms with Gasteiger partial charge in [0.2, 0.25) is 5.91 Å². The van der Waals surface area contributed by atoms with Crippen molar-refractivity contribution in [2.75, 3.05) is 0 Å². The number of pyridine rings is 1. The number of rotatable bonds is 5. The van der Waals surface area contributed by atoms with Crippen LogP contribution in [0.2, 0.25) is 0 Å². The lowest BCUT2D eigenvalue weighted by Gasteiger charge is -2.06. The number of carbonyl (C=O) groups is 1. The van der Waals surface area contributed by atoms with Crippen molar-refractivity contribution < 1.29 is 4.79 Å². The molecule has 3 aromatic rings. The molecule has 0 aliphatic carbocycles. The van der Waals surface area contributed by atoms with Crippen molar-refractivity contribution in [3.8, 4) is 0 Å². The number of hydrogen-bond acceptors (Lipinski definition) is 4. The molecule has 0 aliphatic heterocycles. The molecule has 0 saturated heterocycles. The lowest BCUT2D eigenvalue weighted by atomic mass is 10.4. The van der Waals surface area contributed by atoms with Gasteiger partial charge in [-0.05, 0) is 37.4 Å². The van der Waals surface area contributed by atoms with Crippen molar-refractivity contribution in [2.24, 2.45) is 0 Å². The lowest BCUT2D eigenvalue weighted by molar-refractivity contribution is -0.121. The van der Waals surface area contributed by atoms with Crippen molar-refractivity contribution >= 4 is 28.4 Å². The second-order valence-corrected chi connectivity index (χ2v) is 6.57. The maximum Gasteiger partial charge on any atom is 0.331 e. The molecular weight excluding hydrogens is 312 g/mol. The summed E-state index contributed by atoms with van der Waals surface area (Å²) < 4.78 is 3.09. The molecule has 0 fully saturated rings. The number of aromatic nitrogens is 3. The normalized spacial score (nSPS) is 11.3. The molecule has 0 atom stereocenters. The Kier molecular flexibility index (Phi) is 4.29. The van der Waals surface area contributed by atoms with E-state index in [1.54, 1.807) is 28.2 Å². The van der Waals surface area contributed by atoms with Gasteiger partial charge in [0, 0.05) is 17.1 Å². The number of amides is 1. The molecule has 0 aromatic carbocycles. The SMILES string of the molecule is CC(C)n1c(=O)n(CC(=O)NCc2cccs2)c2cccnc21. The van der Waals surface area contributed by atoms with Crippen LogP contribution in [0.1, 0.15) is 24.8 Å². The van der Waals surface area contributed by atoms with E-state index in [9.17, 15) is 9.59 Å². The first-order valence-electron chi connectivity index (χ1n) is 7.42. The monoisotopic (exact) mass is 330 g/mol. The van der Waals surface area contributed by atoms with Gasteiger partial charge in [-0.25, -0.2) is 9.78 Å². The second-order valence-electron chi connectivity index (χ2n) is 5.53. The Morgan fingerprint density at radius 1 is 1.35 bits per heavy atom. The zero-order valence-electron chi connectivity index (χ0n) is 13.0. The molecule has 7 heteroatoms. The molecular formula is C16H18N4O2S. The number of thiophene rings is 1. The fraction of sp³-hybridized carbons (Fsp3) is 0.312. The van der Waals surface area contributed by atoms with Crippen molar-refractivity contribution in [3.63, 3.8) is 0 Å². The summed E-state index contributed by atoms with van der Waals surface area (Å²) in [6, 6.07) is 7.47. The van der Waals surface area contributed by atoms with E-state index >= 15 is 0 Å². The first-order chi connectivity index (χ1) is 11.1. The summed E-state index contributed by atoms with van der Waals surface area (Å²) in [5, 5.41) is 4.81. The summed E-state index contributed by atoms with van der Waals surface area (Å²) in [5.41, 5.74) is 1.08. The fourth-order valence-corrected chi connectivity index (χ4v) is 3.17. The Balaban J connectivity index is 1.86. The van der Waals surface area contributed by atoms with Crippen molar-refractivity contribution in [1.29, 1.82) is 0 Å². The third-order valence-electron chi connectivity index (χ3n) is 3.58. The minimum Gasteiger partial charge on any atom is -0.350 e. The highest BCUT2D eigenvalue weighted by Crippen LogP contribution is 2.14. The summed E-state index contributed by atoms with van der Waals surface area (Å²) in [7, 11) is 0. The molecule has 0 radical (unpaired) electrons. The van der Waals surface area contributed by atoms with E-state index in [-0.39, 0.29) is 24.2 Å². The van der Waals surface area contributed by atoms with Crippen LogP contribution in [-0.2, 0) is 17.9 Å². The van der Waals surface area contributed by atoms with E-state index in [0.717, 1.165) is 4.88 Å². The Morgan fingerprint density at radius 3 is 2.87 bits per heavy atom. The topological polar surface area (TPSA) is 68.9 Å². The minimum atomic E-state index is -0.208. The number of nitrogens with one attached hydrogen (secondary N) is 1. The molecule has 23 heavy (non-hydrogen) atoms. The van der Waals surface area contributed by atoms with E-state index in [1.807, 2.05) is 37.4 Å². The zero-order chi connectivity index (χ0) is 16.4. The average Bonchev–Trinajstić information content (AvgIpc) is 3.12. The van der Waals surface area contributed by atoms with Crippen LogP contribution >= 0.6 is 11.3 Å². The van der Waals surface area contributed by atoms with Gasteiger partial charge in [0.05, 0.1) is 12.1 Å². The highest BCUT2D eigenvalue weighted by atomic mass is 32.1. The standard InChI is InChI=1S/C16H18N4O2S/c1-11(2)20-15-13(6-3-7-17-15)19(16(20)22)10-14(21)18-9-12-5-4-8-23-12/h3-8,11H,9-10H2,1-2H3,(H,18,21). The first-order valence-corrected chi connectivity index (χ1v) is 8.30. The molecule has 3 rings (SSSR count). The van der Waals surface area contributed by atoms with Crippen molar-refractivity contribution in [2.45, 2.75) is 33.0 Å². The highest BCUT2D eigenvalue weighted by molar-refractivity contribution is 7.09. The highest BCUT2D eigenvalue weighted by Gasteiger charge is 2.17. The summed E-state index contributed by atoms with van der Waals surface area (Å²) in [5.74, 6) is -0.188. The number of carbonyl (C=O) groups excluding carboxylic acids is 1. The quantitative estimate of drug-likeness (QED) is 0.779. The fourth-order valence-electron chi connectivity index (χ4n) is 2.53. The van der Waals surface area contributed by atoms with Gasteiger partial charge >= 0.3 is 5.69 Å². The maximum absolute atomic E-state index is 12.6. The van der Waals surface area contributed by atoms with Gasteiger partial charge < -0.3 is 5.32 Å². The van der Waals surface area contributed by atoms with Gasteiger partial charge in [0.1, 0.15) is 6.54 Å². The largest absolute Gasteiger partial charge is 0.350 e. The van der Waals surface area contributed by atoms with Gasteiger partial charge in [0.25, 0.3) is 0 Å². The summed E-state index contributed by atoms with van der Waals surface area (Å²) in [6.07, 6.45) is 1.65. The molecule has 0 unspecified atom stereocenters. The van der Waals surface area contributed by atoms with Crippen LogP contribution in [-0.4, -0.2) is 20.0 Å². The molecule has 0 spiro atoms. The Labute approximate surface area is 137 Å². The minimum absolute atomic E-state index is 0.00782. The predicted molar refractivity (Wildman–Crippen MR) is 90.5 cm³/mol. The Bertz CT molecular complexity index is 877. The number of nitrogens with zero attached hydrogens (tertiary/aromatic N) is 3. The van der Waals surface area contributed by atoms with Gasteiger partial charge in [-0.15, -0.1) is 11.3 Å². The van der Waals surface area contributed by atoms with Gasteiger partial charge in [-0.3, -0.25) is 13.9 Å². The summed E-state index contributed by atoms with van der Waals surface area (Å²) in [4.78, 5) is 30.2. The van der Waals surface area contributed by atoms with Gasteiger partial charge in [-0.1, -0.05) is 6.07 Å². The van der Waals surface area contributed by atoms with Crippen LogP contribution in [0, 0.1) is 0 Å². The lowest BCUT2D eigenvalue weighted by Crippen LogP contribution is -2.33. The number of fused-ring (bicyclic) bond motifs is 1. The van der Waals surface area contributed by atoms with Crippen molar-refractivity contribution in [1.82, 2.24) is 19.4 Å². The molecule has 0 saturated carbocycles. The first kappa shape index (κ1) is 15.5. The second kappa shape index (κ2) is 6.37. The molecule has 1 N–H and O–H groups in total. The maximum atomic E-state index is 12.6. The molecule has 3 heterocycles. The Hall–Kier alpha value is -2.41. The summed E-state index contributed by atoms with van der Waals surface area (Å²) in [6.45, 7) is 4.33. The van der Waals surface area contributed by atoms with E-state index in [0.29, 0.717) is 17.7 Å². The van der Waals surface area contributed by atoms with E-state index in [2.05, 4.69) is 10.3 Å². The van der Waals surface area contributed by atoms with Crippen LogP contribution < -0.4 is 11.0 Å². The smallest absolute Gasteiger partial charge is 0.331 e. The van der Waals surface area contributed by atoms with Crippen LogP contribution in [0.15, 0.2) is 40.6 Å². The van der Waals surface area contributed by atoms with Crippen molar-refractivity contribution in [3.05, 3.63) is 51.2 Å². The number of imidazole rings is 1. The average molecular weight is 330 g/mol. The van der Waals surface area contributed by atoms with Crippen LogP contribution in [0.25, 0.3) is 11.2 Å². The number of hydrogen-bond donors (Lipinski definition) is 1.